The zero-order chi connectivity index (χ0) is 21.0. The molecule has 0 aliphatic heterocycles. The van der Waals surface area contributed by atoms with Gasteiger partial charge < -0.3 is 24.1 Å². The van der Waals surface area contributed by atoms with E-state index in [0.717, 1.165) is 10.9 Å². The summed E-state index contributed by atoms with van der Waals surface area (Å²) in [4.78, 5) is 24.9. The number of methoxy groups -OCH3 is 3. The topological polar surface area (TPSA) is 78.8 Å². The van der Waals surface area contributed by atoms with Crippen LogP contribution in [0.15, 0.2) is 42.5 Å². The van der Waals surface area contributed by atoms with Gasteiger partial charge in [-0.1, -0.05) is 0 Å². The molecule has 7 heteroatoms. The second-order valence-corrected chi connectivity index (χ2v) is 6.51. The molecule has 0 bridgehead atoms. The lowest BCUT2D eigenvalue weighted by Crippen LogP contribution is -2.27. The molecule has 0 atom stereocenters. The third-order valence-corrected chi connectivity index (χ3v) is 4.83. The molecular weight excluding hydrogens is 372 g/mol. The van der Waals surface area contributed by atoms with Crippen LogP contribution in [0.1, 0.15) is 27.3 Å². The minimum atomic E-state index is -0.246. The Kier molecular flexibility index (Phi) is 6.07. The maximum Gasteiger partial charge on any atom is 0.267 e. The first kappa shape index (κ1) is 20.3. The average molecular weight is 396 g/mol. The second kappa shape index (κ2) is 8.68. The molecule has 2 aromatic carbocycles. The van der Waals surface area contributed by atoms with Gasteiger partial charge in [0.05, 0.1) is 26.8 Å². The summed E-state index contributed by atoms with van der Waals surface area (Å²) < 4.78 is 17.5. The average Bonchev–Trinajstić information content (AvgIpc) is 3.08. The number of aromatic nitrogens is 1. The van der Waals surface area contributed by atoms with Gasteiger partial charge in [-0.25, -0.2) is 0 Å². The van der Waals surface area contributed by atoms with E-state index in [4.69, 9.17) is 14.2 Å². The van der Waals surface area contributed by atoms with Gasteiger partial charge in [-0.3, -0.25) is 9.59 Å². The first-order valence-corrected chi connectivity index (χ1v) is 9.15. The molecule has 0 unspecified atom stereocenters. The molecular formula is C22H24N2O5. The van der Waals surface area contributed by atoms with Gasteiger partial charge in [0.1, 0.15) is 11.4 Å². The third kappa shape index (κ3) is 4.18. The Morgan fingerprint density at radius 3 is 2.21 bits per heavy atom. The highest BCUT2D eigenvalue weighted by molar-refractivity contribution is 6.00. The number of amides is 1. The fraction of sp³-hybridized carbons (Fsp3) is 0.273. The standard InChI is InChI=1S/C22H24N2O5/c1-24-17-13-21(29-4)20(28-3)12-15(17)11-18(24)22(26)23-10-9-19(25)14-5-7-16(27-2)8-6-14/h5-8,11-13H,9-10H2,1-4H3,(H,23,26). The van der Waals surface area contributed by atoms with Gasteiger partial charge in [0.15, 0.2) is 17.3 Å². The van der Waals surface area contributed by atoms with E-state index in [1.54, 1.807) is 56.2 Å². The van der Waals surface area contributed by atoms with Crippen LogP contribution in [0.3, 0.4) is 0 Å². The molecule has 0 spiro atoms. The molecule has 0 saturated carbocycles. The molecule has 152 valence electrons. The Morgan fingerprint density at radius 1 is 0.931 bits per heavy atom. The van der Waals surface area contributed by atoms with Crippen LogP contribution < -0.4 is 19.5 Å². The maximum atomic E-state index is 12.6. The van der Waals surface area contributed by atoms with Crippen molar-refractivity contribution in [3.8, 4) is 17.2 Å². The van der Waals surface area contributed by atoms with Crippen LogP contribution in [-0.2, 0) is 7.05 Å². The number of Topliss-reactive ketones (excluding diaryl/α,β-unsaturated/α-hetero) is 1. The van der Waals surface area contributed by atoms with Crippen LogP contribution in [0.25, 0.3) is 10.9 Å². The van der Waals surface area contributed by atoms with Crippen molar-refractivity contribution in [3.05, 3.63) is 53.7 Å². The van der Waals surface area contributed by atoms with Crippen LogP contribution in [-0.4, -0.2) is 44.1 Å². The highest BCUT2D eigenvalue weighted by Gasteiger charge is 2.16. The number of benzene rings is 2. The summed E-state index contributed by atoms with van der Waals surface area (Å²) in [5.41, 5.74) is 1.93. The van der Waals surface area contributed by atoms with Crippen molar-refractivity contribution >= 4 is 22.6 Å². The molecule has 1 aromatic heterocycles. The van der Waals surface area contributed by atoms with Gasteiger partial charge in [-0.2, -0.15) is 0 Å². The first-order chi connectivity index (χ1) is 14.0. The quantitative estimate of drug-likeness (QED) is 0.592. The summed E-state index contributed by atoms with van der Waals surface area (Å²) in [5.74, 6) is 1.60. The molecule has 1 N–H and O–H groups in total. The molecule has 29 heavy (non-hydrogen) atoms. The van der Waals surface area contributed by atoms with Crippen molar-refractivity contribution in [2.24, 2.45) is 7.05 Å². The molecule has 7 nitrogen and oxygen atoms in total. The zero-order valence-electron chi connectivity index (χ0n) is 16.9. The van der Waals surface area contributed by atoms with Crippen LogP contribution in [0.5, 0.6) is 17.2 Å². The normalized spacial score (nSPS) is 10.6. The van der Waals surface area contributed by atoms with Gasteiger partial charge in [-0.15, -0.1) is 0 Å². The van der Waals surface area contributed by atoms with Gasteiger partial charge >= 0.3 is 0 Å². The molecule has 1 heterocycles. The maximum absolute atomic E-state index is 12.6. The smallest absolute Gasteiger partial charge is 0.267 e. The van der Waals surface area contributed by atoms with E-state index in [1.807, 2.05) is 19.2 Å². The summed E-state index contributed by atoms with van der Waals surface area (Å²) in [7, 11) is 6.53. The number of ketones is 1. The largest absolute Gasteiger partial charge is 0.497 e. The van der Waals surface area contributed by atoms with Crippen molar-refractivity contribution in [2.75, 3.05) is 27.9 Å². The predicted octanol–water partition coefficient (Wildman–Crippen LogP) is 3.21. The zero-order valence-corrected chi connectivity index (χ0v) is 16.9. The third-order valence-electron chi connectivity index (χ3n) is 4.83. The van der Waals surface area contributed by atoms with E-state index in [2.05, 4.69) is 5.32 Å². The SMILES string of the molecule is COc1ccc(C(=O)CCNC(=O)c2cc3cc(OC)c(OC)cc3n2C)cc1. The first-order valence-electron chi connectivity index (χ1n) is 9.15. The van der Waals surface area contributed by atoms with E-state index in [0.29, 0.717) is 28.5 Å². The number of nitrogens with one attached hydrogen (secondary N) is 1. The lowest BCUT2D eigenvalue weighted by molar-refractivity contribution is 0.0934. The molecule has 0 aliphatic carbocycles. The number of carbonyl (C=O) groups excluding carboxylic acids is 2. The Balaban J connectivity index is 1.68. The molecule has 3 rings (SSSR count). The molecule has 0 radical (unpaired) electrons. The fourth-order valence-electron chi connectivity index (χ4n) is 3.18. The number of carbonyl (C=O) groups is 2. The molecule has 0 aliphatic rings. The van der Waals surface area contributed by atoms with E-state index in [9.17, 15) is 9.59 Å². The summed E-state index contributed by atoms with van der Waals surface area (Å²) >= 11 is 0. The van der Waals surface area contributed by atoms with E-state index in [1.165, 1.54) is 0 Å². The Labute approximate surface area is 169 Å². The molecule has 0 saturated heterocycles. The number of fused-ring (bicyclic) bond motifs is 1. The number of nitrogens with zero attached hydrogens (tertiary/aromatic N) is 1. The number of aryl methyl sites for hydroxylation is 1. The van der Waals surface area contributed by atoms with Gasteiger partial charge in [0.25, 0.3) is 5.91 Å². The van der Waals surface area contributed by atoms with E-state index >= 15 is 0 Å². The summed E-state index contributed by atoms with van der Waals surface area (Å²) in [6.45, 7) is 0.248. The van der Waals surface area contributed by atoms with Crippen LogP contribution in [0, 0.1) is 0 Å². The summed E-state index contributed by atoms with van der Waals surface area (Å²) in [5, 5.41) is 3.68. The Hall–Kier alpha value is -3.48. The monoisotopic (exact) mass is 396 g/mol. The highest BCUT2D eigenvalue weighted by Crippen LogP contribution is 2.33. The van der Waals surface area contributed by atoms with Crippen LogP contribution in [0.2, 0.25) is 0 Å². The predicted molar refractivity (Wildman–Crippen MR) is 110 cm³/mol. The van der Waals surface area contributed by atoms with Crippen LogP contribution >= 0.6 is 0 Å². The fourth-order valence-corrected chi connectivity index (χ4v) is 3.18. The van der Waals surface area contributed by atoms with Gasteiger partial charge in [0, 0.05) is 37.0 Å². The number of rotatable bonds is 8. The van der Waals surface area contributed by atoms with E-state index < -0.39 is 0 Å². The number of hydrogen-bond acceptors (Lipinski definition) is 5. The molecule has 3 aromatic rings. The van der Waals surface area contributed by atoms with Crippen molar-refractivity contribution in [2.45, 2.75) is 6.42 Å². The summed E-state index contributed by atoms with van der Waals surface area (Å²) in [6, 6.07) is 12.4. The molecule has 0 fully saturated rings. The van der Waals surface area contributed by atoms with Crippen molar-refractivity contribution < 1.29 is 23.8 Å². The number of hydrogen-bond donors (Lipinski definition) is 1. The molecule has 1 amide bonds. The summed E-state index contributed by atoms with van der Waals surface area (Å²) in [6.07, 6.45) is 0.212. The van der Waals surface area contributed by atoms with Gasteiger partial charge in [0.2, 0.25) is 0 Å². The van der Waals surface area contributed by atoms with Crippen molar-refractivity contribution in [3.63, 3.8) is 0 Å². The minimum absolute atomic E-state index is 0.0422. The Bertz CT molecular complexity index is 1040. The highest BCUT2D eigenvalue weighted by atomic mass is 16.5. The minimum Gasteiger partial charge on any atom is -0.497 e. The lowest BCUT2D eigenvalue weighted by Gasteiger charge is -2.09. The van der Waals surface area contributed by atoms with Crippen molar-refractivity contribution in [1.29, 1.82) is 0 Å². The van der Waals surface area contributed by atoms with Gasteiger partial charge in [-0.05, 0) is 36.4 Å². The lowest BCUT2D eigenvalue weighted by atomic mass is 10.1. The van der Waals surface area contributed by atoms with Crippen LogP contribution in [0.4, 0.5) is 0 Å². The number of ether oxygens (including phenoxy) is 3. The van der Waals surface area contributed by atoms with Crippen molar-refractivity contribution in [1.82, 2.24) is 9.88 Å². The second-order valence-electron chi connectivity index (χ2n) is 6.51. The van der Waals surface area contributed by atoms with E-state index in [-0.39, 0.29) is 24.7 Å². The Morgan fingerprint density at radius 2 is 1.59 bits per heavy atom.